The highest BCUT2D eigenvalue weighted by molar-refractivity contribution is 8.00. The Balaban J connectivity index is 1.89. The van der Waals surface area contributed by atoms with E-state index < -0.39 is 0 Å². The van der Waals surface area contributed by atoms with Crippen LogP contribution >= 0.6 is 11.8 Å². The number of carbonyl (C=O) groups excluding carboxylic acids is 1. The molecule has 112 valence electrons. The Labute approximate surface area is 124 Å². The maximum absolute atomic E-state index is 12.3. The van der Waals surface area contributed by atoms with Crippen LogP contribution in [0, 0.1) is 11.8 Å². The third-order valence-corrected chi connectivity index (χ3v) is 5.39. The molecule has 4 atom stereocenters. The zero-order valence-corrected chi connectivity index (χ0v) is 13.4. The fourth-order valence-corrected chi connectivity index (χ4v) is 3.38. The van der Waals surface area contributed by atoms with Crippen molar-refractivity contribution in [2.45, 2.75) is 56.5 Å². The van der Waals surface area contributed by atoms with E-state index in [0.717, 1.165) is 6.42 Å². The van der Waals surface area contributed by atoms with Gasteiger partial charge in [-0.05, 0) is 35.6 Å². The molecule has 0 unspecified atom stereocenters. The smallest absolute Gasteiger partial charge is 0.233 e. The molecule has 1 fully saturated rings. The summed E-state index contributed by atoms with van der Waals surface area (Å²) < 4.78 is 1.58. The lowest BCUT2D eigenvalue weighted by molar-refractivity contribution is -0.121. The maximum Gasteiger partial charge on any atom is 0.233 e. The normalized spacial score (nSPS) is 28.1. The second-order valence-corrected chi connectivity index (χ2v) is 7.04. The standard InChI is InChI=1S/C13H23N5OS/c1-8-6-5-7-11(9(8)2)14-12(19)10(3)20-13-15-16-17-18(13)4/h8-11H,5-7H2,1-4H3,(H,14,19)/t8-,9-,10-,11+/m1/s1. The van der Waals surface area contributed by atoms with Crippen LogP contribution in [-0.2, 0) is 11.8 Å². The first-order valence-electron chi connectivity index (χ1n) is 7.18. The van der Waals surface area contributed by atoms with Crippen LogP contribution in [0.3, 0.4) is 0 Å². The summed E-state index contributed by atoms with van der Waals surface area (Å²) in [6.45, 7) is 6.40. The molecule has 0 bridgehead atoms. The van der Waals surface area contributed by atoms with Gasteiger partial charge in [0.25, 0.3) is 0 Å². The van der Waals surface area contributed by atoms with E-state index in [1.54, 1.807) is 11.7 Å². The number of rotatable bonds is 4. The van der Waals surface area contributed by atoms with Crippen LogP contribution in [0.4, 0.5) is 0 Å². The van der Waals surface area contributed by atoms with Gasteiger partial charge in [-0.25, -0.2) is 4.68 Å². The van der Waals surface area contributed by atoms with Crippen molar-refractivity contribution in [3.63, 3.8) is 0 Å². The zero-order valence-electron chi connectivity index (χ0n) is 12.5. The number of aromatic nitrogens is 4. The number of tetrazole rings is 1. The van der Waals surface area contributed by atoms with E-state index in [2.05, 4.69) is 34.7 Å². The quantitative estimate of drug-likeness (QED) is 0.855. The van der Waals surface area contributed by atoms with Gasteiger partial charge in [0.1, 0.15) is 0 Å². The number of aryl methyl sites for hydroxylation is 1. The molecule has 2 rings (SSSR count). The largest absolute Gasteiger partial charge is 0.352 e. The monoisotopic (exact) mass is 297 g/mol. The lowest BCUT2D eigenvalue weighted by atomic mass is 9.78. The number of hydrogen-bond donors (Lipinski definition) is 1. The van der Waals surface area contributed by atoms with Crippen molar-refractivity contribution >= 4 is 17.7 Å². The summed E-state index contributed by atoms with van der Waals surface area (Å²) in [7, 11) is 1.78. The number of nitrogens with one attached hydrogen (secondary N) is 1. The van der Waals surface area contributed by atoms with Crippen LogP contribution in [-0.4, -0.2) is 37.4 Å². The van der Waals surface area contributed by atoms with Crippen molar-refractivity contribution in [1.82, 2.24) is 25.5 Å². The van der Waals surface area contributed by atoms with Crippen molar-refractivity contribution in [3.05, 3.63) is 0 Å². The van der Waals surface area contributed by atoms with E-state index in [9.17, 15) is 4.79 Å². The third-order valence-electron chi connectivity index (χ3n) is 4.27. The van der Waals surface area contributed by atoms with Crippen LogP contribution in [0.15, 0.2) is 5.16 Å². The molecule has 1 aromatic rings. The summed E-state index contributed by atoms with van der Waals surface area (Å²) in [6, 6.07) is 0.298. The predicted octanol–water partition coefficient (Wildman–Crippen LogP) is 1.63. The van der Waals surface area contributed by atoms with Gasteiger partial charge in [0, 0.05) is 13.1 Å². The Morgan fingerprint density at radius 2 is 2.20 bits per heavy atom. The van der Waals surface area contributed by atoms with Crippen LogP contribution in [0.2, 0.25) is 0 Å². The van der Waals surface area contributed by atoms with E-state index in [1.807, 2.05) is 6.92 Å². The fraction of sp³-hybridized carbons (Fsp3) is 0.846. The lowest BCUT2D eigenvalue weighted by Crippen LogP contribution is -2.46. The lowest BCUT2D eigenvalue weighted by Gasteiger charge is -2.35. The molecule has 1 aliphatic carbocycles. The minimum atomic E-state index is -0.191. The number of amides is 1. The maximum atomic E-state index is 12.3. The molecule has 20 heavy (non-hydrogen) atoms. The van der Waals surface area contributed by atoms with Crippen molar-refractivity contribution in [2.75, 3.05) is 0 Å². The van der Waals surface area contributed by atoms with Gasteiger partial charge in [-0.15, -0.1) is 5.10 Å². The molecule has 1 aliphatic rings. The minimum absolute atomic E-state index is 0.0731. The minimum Gasteiger partial charge on any atom is -0.352 e. The molecule has 7 heteroatoms. The van der Waals surface area contributed by atoms with Crippen LogP contribution in [0.25, 0.3) is 0 Å². The van der Waals surface area contributed by atoms with Gasteiger partial charge in [-0.2, -0.15) is 0 Å². The van der Waals surface area contributed by atoms with Gasteiger partial charge < -0.3 is 5.32 Å². The SMILES string of the molecule is C[C@@H]1[C@H](C)CCC[C@@H]1NC(=O)[C@@H](C)Sc1nnnn1C. The molecule has 1 amide bonds. The van der Waals surface area contributed by atoms with E-state index in [4.69, 9.17) is 0 Å². The Bertz CT molecular complexity index is 463. The Morgan fingerprint density at radius 1 is 1.45 bits per heavy atom. The number of hydrogen-bond acceptors (Lipinski definition) is 5. The van der Waals surface area contributed by atoms with Gasteiger partial charge in [0.15, 0.2) is 0 Å². The molecule has 0 spiro atoms. The number of nitrogens with zero attached hydrogens (tertiary/aromatic N) is 4. The average molecular weight is 297 g/mol. The van der Waals surface area contributed by atoms with Crippen molar-refractivity contribution < 1.29 is 4.79 Å². The third kappa shape index (κ3) is 3.50. The van der Waals surface area contributed by atoms with Crippen LogP contribution in [0.5, 0.6) is 0 Å². The van der Waals surface area contributed by atoms with Crippen molar-refractivity contribution in [2.24, 2.45) is 18.9 Å². The topological polar surface area (TPSA) is 72.7 Å². The van der Waals surface area contributed by atoms with Crippen LogP contribution in [0.1, 0.15) is 40.0 Å². The molecule has 1 saturated carbocycles. The molecule has 0 aromatic carbocycles. The van der Waals surface area contributed by atoms with Gasteiger partial charge in [-0.3, -0.25) is 4.79 Å². The molecular formula is C13H23N5OS. The molecule has 6 nitrogen and oxygen atoms in total. The highest BCUT2D eigenvalue weighted by atomic mass is 32.2. The molecule has 1 N–H and O–H groups in total. The molecule has 0 radical (unpaired) electrons. The summed E-state index contributed by atoms with van der Waals surface area (Å²) in [5, 5.41) is 14.9. The average Bonchev–Trinajstić information content (AvgIpc) is 2.80. The van der Waals surface area contributed by atoms with E-state index in [-0.39, 0.29) is 11.2 Å². The predicted molar refractivity (Wildman–Crippen MR) is 78.2 cm³/mol. The highest BCUT2D eigenvalue weighted by Crippen LogP contribution is 2.30. The molecule has 1 heterocycles. The summed E-state index contributed by atoms with van der Waals surface area (Å²) in [6.07, 6.45) is 3.55. The number of thioether (sulfide) groups is 1. The van der Waals surface area contributed by atoms with Crippen molar-refractivity contribution in [1.29, 1.82) is 0 Å². The highest BCUT2D eigenvalue weighted by Gasteiger charge is 2.29. The van der Waals surface area contributed by atoms with Gasteiger partial charge in [0.05, 0.1) is 5.25 Å². The summed E-state index contributed by atoms with van der Waals surface area (Å²) >= 11 is 1.39. The molecular weight excluding hydrogens is 274 g/mol. The van der Waals surface area contributed by atoms with Gasteiger partial charge in [0.2, 0.25) is 11.1 Å². The molecule has 0 saturated heterocycles. The summed E-state index contributed by atoms with van der Waals surface area (Å²) in [5.74, 6) is 1.30. The second-order valence-electron chi connectivity index (χ2n) is 5.73. The Morgan fingerprint density at radius 3 is 2.85 bits per heavy atom. The summed E-state index contributed by atoms with van der Waals surface area (Å²) in [4.78, 5) is 12.3. The first-order chi connectivity index (χ1) is 9.49. The zero-order chi connectivity index (χ0) is 14.7. The van der Waals surface area contributed by atoms with E-state index in [0.29, 0.717) is 23.0 Å². The first kappa shape index (κ1) is 15.3. The van der Waals surface area contributed by atoms with Crippen LogP contribution < -0.4 is 5.32 Å². The fourth-order valence-electron chi connectivity index (χ4n) is 2.62. The molecule has 1 aromatic heterocycles. The van der Waals surface area contributed by atoms with E-state index >= 15 is 0 Å². The van der Waals surface area contributed by atoms with Crippen molar-refractivity contribution in [3.8, 4) is 0 Å². The van der Waals surface area contributed by atoms with E-state index in [1.165, 1.54) is 24.6 Å². The Kier molecular flexibility index (Phi) is 5.01. The molecule has 0 aliphatic heterocycles. The van der Waals surface area contributed by atoms with Gasteiger partial charge in [-0.1, -0.05) is 38.5 Å². The number of carbonyl (C=O) groups is 1. The first-order valence-corrected chi connectivity index (χ1v) is 8.06. The Hall–Kier alpha value is -1.11. The second kappa shape index (κ2) is 6.56. The van der Waals surface area contributed by atoms with Gasteiger partial charge >= 0.3 is 0 Å². The summed E-state index contributed by atoms with van der Waals surface area (Å²) in [5.41, 5.74) is 0.